The molecule has 5 nitrogen and oxygen atoms in total. The summed E-state index contributed by atoms with van der Waals surface area (Å²) >= 11 is 0. The topological polar surface area (TPSA) is 58.4 Å². The van der Waals surface area contributed by atoms with Crippen LogP contribution in [0.25, 0.3) is 0 Å². The molecule has 0 amide bonds. The van der Waals surface area contributed by atoms with Gasteiger partial charge in [0.2, 0.25) is 5.95 Å². The van der Waals surface area contributed by atoms with Gasteiger partial charge in [-0.3, -0.25) is 0 Å². The summed E-state index contributed by atoms with van der Waals surface area (Å²) in [7, 11) is 0. The number of alkyl halides is 3. The standard InChI is InChI=1S/C17H18F3N3O2/c1-9-7-10(2)12(11(3)8-9)22-5-4-6-23-13(15(24)25)14(17(18,19)20)21-16(22)23/h7-8H,4-6H2,1-3H3,(H,24,25). The SMILES string of the molecule is Cc1cc(C)c(N2CCCn3c2nc(C(F)(F)F)c3C(=O)O)c(C)c1. The van der Waals surface area contributed by atoms with E-state index in [4.69, 9.17) is 0 Å². The Morgan fingerprint density at radius 3 is 2.28 bits per heavy atom. The molecule has 0 unspecified atom stereocenters. The van der Waals surface area contributed by atoms with Gasteiger partial charge in [0.15, 0.2) is 11.4 Å². The van der Waals surface area contributed by atoms with Crippen molar-refractivity contribution in [2.24, 2.45) is 0 Å². The Labute approximate surface area is 142 Å². The Morgan fingerprint density at radius 1 is 1.16 bits per heavy atom. The first-order chi connectivity index (χ1) is 11.6. The summed E-state index contributed by atoms with van der Waals surface area (Å²) < 4.78 is 41.0. The molecule has 0 spiro atoms. The summed E-state index contributed by atoms with van der Waals surface area (Å²) in [5, 5.41) is 9.30. The van der Waals surface area contributed by atoms with Crippen molar-refractivity contribution in [2.75, 3.05) is 11.4 Å². The van der Waals surface area contributed by atoms with E-state index in [9.17, 15) is 23.1 Å². The third-order valence-corrected chi connectivity index (χ3v) is 4.33. The largest absolute Gasteiger partial charge is 0.477 e. The van der Waals surface area contributed by atoms with E-state index in [1.54, 1.807) is 4.90 Å². The van der Waals surface area contributed by atoms with Gasteiger partial charge in [-0.1, -0.05) is 17.7 Å². The van der Waals surface area contributed by atoms with E-state index in [1.165, 1.54) is 0 Å². The number of carbonyl (C=O) groups is 1. The molecule has 1 aliphatic heterocycles. The number of fused-ring (bicyclic) bond motifs is 1. The number of aromatic carboxylic acids is 1. The average Bonchev–Trinajstić information content (AvgIpc) is 2.86. The molecule has 1 aromatic carbocycles. The first kappa shape index (κ1) is 17.3. The van der Waals surface area contributed by atoms with Crippen molar-refractivity contribution in [1.29, 1.82) is 0 Å². The number of halogens is 3. The van der Waals surface area contributed by atoms with Crippen molar-refractivity contribution < 1.29 is 23.1 Å². The first-order valence-electron chi connectivity index (χ1n) is 7.87. The molecule has 1 aliphatic rings. The summed E-state index contributed by atoms with van der Waals surface area (Å²) in [5.41, 5.74) is 1.53. The fraction of sp³-hybridized carbons (Fsp3) is 0.412. The van der Waals surface area contributed by atoms with Crippen molar-refractivity contribution in [3.8, 4) is 0 Å². The molecule has 0 saturated heterocycles. The zero-order chi connectivity index (χ0) is 18.5. The zero-order valence-corrected chi connectivity index (χ0v) is 14.1. The first-order valence-corrected chi connectivity index (χ1v) is 7.87. The van der Waals surface area contributed by atoms with Gasteiger partial charge >= 0.3 is 12.1 Å². The maximum atomic E-state index is 13.3. The van der Waals surface area contributed by atoms with E-state index >= 15 is 0 Å². The van der Waals surface area contributed by atoms with Crippen molar-refractivity contribution in [1.82, 2.24) is 9.55 Å². The van der Waals surface area contributed by atoms with Gasteiger partial charge in [0.05, 0.1) is 0 Å². The van der Waals surface area contributed by atoms with Gasteiger partial charge in [-0.05, 0) is 38.3 Å². The maximum Gasteiger partial charge on any atom is 0.435 e. The van der Waals surface area contributed by atoms with Crippen molar-refractivity contribution >= 4 is 17.6 Å². The molecule has 25 heavy (non-hydrogen) atoms. The highest BCUT2D eigenvalue weighted by atomic mass is 19.4. The number of hydrogen-bond donors (Lipinski definition) is 1. The van der Waals surface area contributed by atoms with E-state index in [-0.39, 0.29) is 12.5 Å². The van der Waals surface area contributed by atoms with E-state index in [0.29, 0.717) is 13.0 Å². The lowest BCUT2D eigenvalue weighted by atomic mass is 10.0. The second-order valence-corrected chi connectivity index (χ2v) is 6.32. The second-order valence-electron chi connectivity index (χ2n) is 6.32. The average molecular weight is 353 g/mol. The fourth-order valence-electron chi connectivity index (χ4n) is 3.57. The number of aromatic nitrogens is 2. The molecule has 0 saturated carbocycles. The van der Waals surface area contributed by atoms with E-state index in [2.05, 4.69) is 4.98 Å². The number of benzene rings is 1. The Balaban J connectivity index is 2.24. The molecule has 0 radical (unpaired) electrons. The van der Waals surface area contributed by atoms with Gasteiger partial charge in [0.1, 0.15) is 0 Å². The molecule has 8 heteroatoms. The Hall–Kier alpha value is -2.51. The molecule has 2 aromatic rings. The number of carboxylic acids is 1. The zero-order valence-electron chi connectivity index (χ0n) is 14.1. The second kappa shape index (κ2) is 5.79. The number of anilines is 2. The van der Waals surface area contributed by atoms with Crippen LogP contribution >= 0.6 is 0 Å². The number of nitrogens with zero attached hydrogens (tertiary/aromatic N) is 3. The third kappa shape index (κ3) is 2.85. The minimum atomic E-state index is -4.82. The predicted molar refractivity (Wildman–Crippen MR) is 86.5 cm³/mol. The predicted octanol–water partition coefficient (Wildman–Crippen LogP) is 4.07. The minimum Gasteiger partial charge on any atom is -0.477 e. The number of aryl methyl sites for hydroxylation is 3. The molecule has 1 N–H and O–H groups in total. The number of imidazole rings is 1. The van der Waals surface area contributed by atoms with Crippen molar-refractivity contribution in [3.63, 3.8) is 0 Å². The number of hydrogen-bond acceptors (Lipinski definition) is 3. The summed E-state index contributed by atoms with van der Waals surface area (Å²) in [5.74, 6) is -1.59. The van der Waals surface area contributed by atoms with Crippen molar-refractivity contribution in [3.05, 3.63) is 40.2 Å². The highest BCUT2D eigenvalue weighted by Crippen LogP contribution is 2.39. The van der Waals surface area contributed by atoms with E-state index in [0.717, 1.165) is 26.9 Å². The van der Waals surface area contributed by atoms with Crippen LogP contribution in [0.2, 0.25) is 0 Å². The minimum absolute atomic E-state index is 0.0334. The van der Waals surface area contributed by atoms with Gasteiger partial charge in [0, 0.05) is 18.8 Å². The van der Waals surface area contributed by atoms with Gasteiger partial charge in [-0.2, -0.15) is 13.2 Å². The van der Waals surface area contributed by atoms with Crippen LogP contribution in [0.5, 0.6) is 0 Å². The summed E-state index contributed by atoms with van der Waals surface area (Å²) in [4.78, 5) is 16.8. The lowest BCUT2D eigenvalue weighted by Crippen LogP contribution is -2.30. The van der Waals surface area contributed by atoms with Gasteiger partial charge < -0.3 is 14.6 Å². The molecule has 134 valence electrons. The Kier molecular flexibility index (Phi) is 4.01. The molecule has 0 atom stereocenters. The van der Waals surface area contributed by atoms with Gasteiger partial charge in [-0.25, -0.2) is 9.78 Å². The van der Waals surface area contributed by atoms with Gasteiger partial charge in [-0.15, -0.1) is 0 Å². The van der Waals surface area contributed by atoms with Gasteiger partial charge in [0.25, 0.3) is 0 Å². The summed E-state index contributed by atoms with van der Waals surface area (Å²) in [6.45, 7) is 6.41. The van der Waals surface area contributed by atoms with Crippen LogP contribution in [0.4, 0.5) is 24.8 Å². The molecule has 0 fully saturated rings. The Bertz CT molecular complexity index is 833. The molecule has 2 heterocycles. The Morgan fingerprint density at radius 2 is 1.76 bits per heavy atom. The fourth-order valence-corrected chi connectivity index (χ4v) is 3.57. The van der Waals surface area contributed by atoms with E-state index < -0.39 is 23.5 Å². The third-order valence-electron chi connectivity index (χ3n) is 4.33. The number of rotatable bonds is 2. The van der Waals surface area contributed by atoms with Crippen molar-refractivity contribution in [2.45, 2.75) is 39.9 Å². The quantitative estimate of drug-likeness (QED) is 0.884. The van der Waals surface area contributed by atoms with Crippen LogP contribution in [-0.4, -0.2) is 27.2 Å². The lowest BCUT2D eigenvalue weighted by Gasteiger charge is -2.32. The molecule has 0 aliphatic carbocycles. The highest BCUT2D eigenvalue weighted by molar-refractivity contribution is 5.88. The lowest BCUT2D eigenvalue weighted by molar-refractivity contribution is -0.141. The monoisotopic (exact) mass is 353 g/mol. The maximum absolute atomic E-state index is 13.3. The smallest absolute Gasteiger partial charge is 0.435 e. The molecule has 0 bridgehead atoms. The van der Waals surface area contributed by atoms with E-state index in [1.807, 2.05) is 32.9 Å². The van der Waals surface area contributed by atoms with Crippen LogP contribution in [0.1, 0.15) is 39.3 Å². The highest BCUT2D eigenvalue weighted by Gasteiger charge is 2.43. The molecular weight excluding hydrogens is 335 g/mol. The van der Waals surface area contributed by atoms with Crippen LogP contribution in [0.3, 0.4) is 0 Å². The molecular formula is C17H18F3N3O2. The van der Waals surface area contributed by atoms with Crippen LogP contribution in [0, 0.1) is 20.8 Å². The van der Waals surface area contributed by atoms with Crippen LogP contribution in [-0.2, 0) is 12.7 Å². The van der Waals surface area contributed by atoms with Crippen LogP contribution in [0.15, 0.2) is 12.1 Å². The molecule has 3 rings (SSSR count). The number of carboxylic acid groups (broad SMARTS) is 1. The summed E-state index contributed by atoms with van der Waals surface area (Å²) in [6, 6.07) is 3.90. The normalized spacial score (nSPS) is 14.6. The summed E-state index contributed by atoms with van der Waals surface area (Å²) in [6.07, 6.45) is -4.28. The van der Waals surface area contributed by atoms with Crippen LogP contribution < -0.4 is 4.90 Å². The molecule has 1 aromatic heterocycles.